The normalized spacial score (nSPS) is 14.1. The van der Waals surface area contributed by atoms with Gasteiger partial charge >= 0.3 is 0 Å². The number of furan rings is 1. The summed E-state index contributed by atoms with van der Waals surface area (Å²) >= 11 is 0. The fourth-order valence-electron chi connectivity index (χ4n) is 6.02. The van der Waals surface area contributed by atoms with E-state index in [0.717, 1.165) is 33.4 Å². The summed E-state index contributed by atoms with van der Waals surface area (Å²) in [6.07, 6.45) is 1.96. The van der Waals surface area contributed by atoms with Crippen LogP contribution in [0.3, 0.4) is 0 Å². The van der Waals surface area contributed by atoms with Gasteiger partial charge in [0.05, 0.1) is 11.1 Å². The van der Waals surface area contributed by atoms with Crippen LogP contribution in [0.25, 0.3) is 55.1 Å². The first-order valence-electron chi connectivity index (χ1n) is 11.9. The van der Waals surface area contributed by atoms with Gasteiger partial charge in [-0.15, -0.1) is 0 Å². The van der Waals surface area contributed by atoms with Crippen LogP contribution in [-0.4, -0.2) is 4.98 Å². The number of aryl methyl sites for hydroxylation is 2. The van der Waals surface area contributed by atoms with Crippen molar-refractivity contribution in [3.8, 4) is 22.4 Å². The summed E-state index contributed by atoms with van der Waals surface area (Å²) < 4.78 is 6.70. The van der Waals surface area contributed by atoms with Crippen LogP contribution in [0.15, 0.2) is 83.4 Å². The molecule has 0 saturated carbocycles. The lowest BCUT2D eigenvalue weighted by Gasteiger charge is -2.29. The number of hydrogen-bond acceptors (Lipinski definition) is 2. The van der Waals surface area contributed by atoms with Crippen molar-refractivity contribution in [1.82, 2.24) is 4.98 Å². The highest BCUT2D eigenvalue weighted by Gasteiger charge is 2.36. The van der Waals surface area contributed by atoms with Gasteiger partial charge in [-0.3, -0.25) is 4.98 Å². The van der Waals surface area contributed by atoms with Crippen LogP contribution in [-0.2, 0) is 5.41 Å². The molecule has 2 aromatic heterocycles. The van der Waals surface area contributed by atoms with Crippen molar-refractivity contribution in [3.63, 3.8) is 0 Å². The summed E-state index contributed by atoms with van der Waals surface area (Å²) in [4.78, 5) is 5.03. The Hall–Kier alpha value is -3.91. The van der Waals surface area contributed by atoms with Gasteiger partial charge in [-0.1, -0.05) is 92.2 Å². The SMILES string of the molecule is Cc1ccc2c3c(ccc2c1)-c1ncc(C)c2oc4c(-c5ccccc5)ccc(c4c12)C3(C)C. The van der Waals surface area contributed by atoms with Gasteiger partial charge in [-0.05, 0) is 41.3 Å². The Morgan fingerprint density at radius 2 is 1.56 bits per heavy atom. The third-order valence-corrected chi connectivity index (χ3v) is 7.63. The van der Waals surface area contributed by atoms with Crippen LogP contribution in [0.1, 0.15) is 36.1 Å². The second kappa shape index (κ2) is 6.57. The quantitative estimate of drug-likeness (QED) is 0.256. The summed E-state index contributed by atoms with van der Waals surface area (Å²) in [6.45, 7) is 8.94. The predicted molar refractivity (Wildman–Crippen MR) is 141 cm³/mol. The highest BCUT2D eigenvalue weighted by atomic mass is 16.3. The molecule has 0 saturated heterocycles. The summed E-state index contributed by atoms with van der Waals surface area (Å²) in [5.41, 5.74) is 11.2. The van der Waals surface area contributed by atoms with E-state index < -0.39 is 0 Å². The molecule has 7 rings (SSSR count). The van der Waals surface area contributed by atoms with E-state index in [0.29, 0.717) is 0 Å². The minimum absolute atomic E-state index is 0.233. The van der Waals surface area contributed by atoms with Crippen molar-refractivity contribution >= 4 is 32.7 Å². The van der Waals surface area contributed by atoms with Crippen LogP contribution in [0.2, 0.25) is 0 Å². The fraction of sp³-hybridized carbons (Fsp3) is 0.156. The van der Waals surface area contributed by atoms with Crippen LogP contribution in [0, 0.1) is 13.8 Å². The molecule has 0 atom stereocenters. The maximum absolute atomic E-state index is 6.70. The van der Waals surface area contributed by atoms with E-state index in [1.165, 1.54) is 44.0 Å². The molecule has 1 aliphatic carbocycles. The van der Waals surface area contributed by atoms with Gasteiger partial charge in [0.15, 0.2) is 0 Å². The predicted octanol–water partition coefficient (Wildman–Crippen LogP) is 8.72. The molecule has 6 aromatic rings. The van der Waals surface area contributed by atoms with Gasteiger partial charge in [-0.25, -0.2) is 0 Å². The smallest absolute Gasteiger partial charge is 0.143 e. The molecular weight excluding hydrogens is 414 g/mol. The van der Waals surface area contributed by atoms with Gasteiger partial charge in [0.1, 0.15) is 11.2 Å². The summed E-state index contributed by atoms with van der Waals surface area (Å²) in [7, 11) is 0. The number of pyridine rings is 1. The Morgan fingerprint density at radius 1 is 0.765 bits per heavy atom. The van der Waals surface area contributed by atoms with Gasteiger partial charge in [-0.2, -0.15) is 0 Å². The molecule has 1 aliphatic rings. The summed E-state index contributed by atoms with van der Waals surface area (Å²) in [6, 6.07) is 26.4. The number of benzene rings is 4. The van der Waals surface area contributed by atoms with Crippen molar-refractivity contribution < 1.29 is 4.42 Å². The largest absolute Gasteiger partial charge is 0.455 e. The standard InChI is InChI=1S/C32H25NO/c1-18-10-12-22-21(16-18)11-13-24-28(22)32(3,4)25-15-14-23(20-8-6-5-7-9-20)31-26(25)27-29(24)33-17-19(2)30(27)34-31/h5-17H,1-4H3. The van der Waals surface area contributed by atoms with Gasteiger partial charge in [0.2, 0.25) is 0 Å². The second-order valence-electron chi connectivity index (χ2n) is 10.2. The molecule has 0 radical (unpaired) electrons. The maximum atomic E-state index is 6.70. The minimum Gasteiger partial charge on any atom is -0.455 e. The Bertz CT molecular complexity index is 1790. The van der Waals surface area contributed by atoms with Crippen molar-refractivity contribution in [1.29, 1.82) is 0 Å². The fourth-order valence-corrected chi connectivity index (χ4v) is 6.02. The first kappa shape index (κ1) is 19.5. The first-order valence-corrected chi connectivity index (χ1v) is 11.9. The number of rotatable bonds is 1. The lowest BCUT2D eigenvalue weighted by atomic mass is 9.73. The van der Waals surface area contributed by atoms with Crippen molar-refractivity contribution in [2.75, 3.05) is 0 Å². The zero-order valence-corrected chi connectivity index (χ0v) is 19.9. The molecule has 4 aromatic carbocycles. The summed E-state index contributed by atoms with van der Waals surface area (Å²) in [5, 5.41) is 4.91. The molecule has 0 bridgehead atoms. The van der Waals surface area contributed by atoms with Crippen LogP contribution < -0.4 is 0 Å². The molecule has 34 heavy (non-hydrogen) atoms. The average molecular weight is 440 g/mol. The van der Waals surface area contributed by atoms with Crippen LogP contribution in [0.4, 0.5) is 0 Å². The third kappa shape index (κ3) is 2.43. The minimum atomic E-state index is -0.233. The molecule has 2 heteroatoms. The molecule has 0 aliphatic heterocycles. The van der Waals surface area contributed by atoms with E-state index in [1.54, 1.807) is 0 Å². The highest BCUT2D eigenvalue weighted by Crippen LogP contribution is 2.52. The maximum Gasteiger partial charge on any atom is 0.143 e. The van der Waals surface area contributed by atoms with Crippen molar-refractivity contribution in [3.05, 3.63) is 101 Å². The Labute approximate surface area is 198 Å². The van der Waals surface area contributed by atoms with Crippen molar-refractivity contribution in [2.24, 2.45) is 0 Å². The zero-order chi connectivity index (χ0) is 23.2. The topological polar surface area (TPSA) is 26.0 Å². The third-order valence-electron chi connectivity index (χ3n) is 7.63. The van der Waals surface area contributed by atoms with E-state index in [2.05, 4.69) is 100 Å². The monoisotopic (exact) mass is 439 g/mol. The molecular formula is C32H25NO. The summed E-state index contributed by atoms with van der Waals surface area (Å²) in [5.74, 6) is 0. The van der Waals surface area contributed by atoms with E-state index in [1.807, 2.05) is 6.20 Å². The Morgan fingerprint density at radius 3 is 2.38 bits per heavy atom. The second-order valence-corrected chi connectivity index (χ2v) is 10.2. The highest BCUT2D eigenvalue weighted by molar-refractivity contribution is 6.19. The Kier molecular flexibility index (Phi) is 3.78. The van der Waals surface area contributed by atoms with E-state index in [9.17, 15) is 0 Å². The number of hydrogen-bond donors (Lipinski definition) is 0. The van der Waals surface area contributed by atoms with E-state index >= 15 is 0 Å². The van der Waals surface area contributed by atoms with Crippen LogP contribution >= 0.6 is 0 Å². The van der Waals surface area contributed by atoms with Gasteiger partial charge in [0, 0.05) is 33.7 Å². The van der Waals surface area contributed by atoms with E-state index in [-0.39, 0.29) is 5.41 Å². The first-order chi connectivity index (χ1) is 16.4. The molecule has 0 spiro atoms. The molecule has 2 heterocycles. The number of nitrogens with zero attached hydrogens (tertiary/aromatic N) is 1. The van der Waals surface area contributed by atoms with Crippen LogP contribution in [0.5, 0.6) is 0 Å². The number of aromatic nitrogens is 1. The van der Waals surface area contributed by atoms with Gasteiger partial charge < -0.3 is 4.42 Å². The Balaban J connectivity index is 1.71. The zero-order valence-electron chi connectivity index (χ0n) is 19.9. The average Bonchev–Trinajstić information content (AvgIpc) is 3.21. The molecule has 0 N–H and O–H groups in total. The van der Waals surface area contributed by atoms with E-state index in [4.69, 9.17) is 9.40 Å². The number of fused-ring (bicyclic) bond motifs is 4. The lowest BCUT2D eigenvalue weighted by molar-refractivity contribution is 0.647. The molecule has 0 amide bonds. The molecule has 2 nitrogen and oxygen atoms in total. The van der Waals surface area contributed by atoms with Crippen molar-refractivity contribution in [2.45, 2.75) is 33.1 Å². The molecule has 164 valence electrons. The molecule has 0 unspecified atom stereocenters. The molecule has 0 fully saturated rings. The lowest BCUT2D eigenvalue weighted by Crippen LogP contribution is -2.20. The van der Waals surface area contributed by atoms with Gasteiger partial charge in [0.25, 0.3) is 0 Å².